The van der Waals surface area contributed by atoms with Gasteiger partial charge in [-0.2, -0.15) is 0 Å². The van der Waals surface area contributed by atoms with Gasteiger partial charge in [0.25, 0.3) is 0 Å². The lowest BCUT2D eigenvalue weighted by molar-refractivity contribution is -0.117. The molecule has 1 atom stereocenters. The molecule has 0 fully saturated rings. The van der Waals surface area contributed by atoms with E-state index in [1.807, 2.05) is 18.2 Å². The minimum Gasteiger partial charge on any atom is -0.497 e. The van der Waals surface area contributed by atoms with Crippen LogP contribution >= 0.6 is 0 Å². The Morgan fingerprint density at radius 3 is 2.93 bits per heavy atom. The maximum atomic E-state index is 11.4. The van der Waals surface area contributed by atoms with Gasteiger partial charge in [0, 0.05) is 17.3 Å². The van der Waals surface area contributed by atoms with Crippen molar-refractivity contribution < 1.29 is 9.53 Å². The first kappa shape index (κ1) is 9.02. The molecule has 2 N–H and O–H groups in total. The van der Waals surface area contributed by atoms with E-state index >= 15 is 0 Å². The molecule has 0 bridgehead atoms. The summed E-state index contributed by atoms with van der Waals surface area (Å²) >= 11 is 0. The molecule has 4 heteroatoms. The number of fused-ring (bicyclic) bond motifs is 1. The van der Waals surface area contributed by atoms with E-state index in [-0.39, 0.29) is 11.9 Å². The number of ether oxygens (including phenoxy) is 1. The van der Waals surface area contributed by atoms with E-state index in [1.165, 1.54) is 0 Å². The average Bonchev–Trinajstić information content (AvgIpc) is 2.51. The predicted octanol–water partition coefficient (Wildman–Crippen LogP) is 0.908. The molecule has 1 aliphatic heterocycles. The topological polar surface area (TPSA) is 50.4 Å². The van der Waals surface area contributed by atoms with Gasteiger partial charge >= 0.3 is 0 Å². The van der Waals surface area contributed by atoms with E-state index in [9.17, 15) is 4.79 Å². The number of benzene rings is 1. The molecule has 1 aromatic carbocycles. The number of amides is 1. The molecule has 1 amide bonds. The summed E-state index contributed by atoms with van der Waals surface area (Å²) in [6.45, 7) is 0. The molecule has 4 nitrogen and oxygen atoms in total. The second-order valence-corrected chi connectivity index (χ2v) is 3.16. The maximum Gasteiger partial charge on any atom is 0.246 e. The zero-order valence-corrected chi connectivity index (χ0v) is 8.13. The third kappa shape index (κ3) is 1.24. The highest BCUT2D eigenvalue weighted by molar-refractivity contribution is 6.02. The summed E-state index contributed by atoms with van der Waals surface area (Å²) in [5, 5.41) is 5.75. The van der Waals surface area contributed by atoms with Crippen LogP contribution in [0.4, 0.5) is 5.69 Å². The Morgan fingerprint density at radius 2 is 2.29 bits per heavy atom. The molecule has 0 saturated heterocycles. The molecule has 1 heterocycles. The van der Waals surface area contributed by atoms with Crippen molar-refractivity contribution in [3.63, 3.8) is 0 Å². The number of anilines is 1. The normalized spacial score (nSPS) is 19.0. The molecule has 0 saturated carbocycles. The molecule has 0 aliphatic carbocycles. The lowest BCUT2D eigenvalue weighted by Gasteiger charge is -2.06. The molecule has 1 aromatic rings. The third-order valence-electron chi connectivity index (χ3n) is 2.38. The van der Waals surface area contributed by atoms with Crippen molar-refractivity contribution in [3.05, 3.63) is 23.8 Å². The van der Waals surface area contributed by atoms with Crippen molar-refractivity contribution >= 4 is 11.6 Å². The molecule has 0 aromatic heterocycles. The Hall–Kier alpha value is -1.55. The fraction of sp³-hybridized carbons (Fsp3) is 0.300. The van der Waals surface area contributed by atoms with Gasteiger partial charge in [-0.25, -0.2) is 0 Å². The van der Waals surface area contributed by atoms with Gasteiger partial charge < -0.3 is 15.4 Å². The van der Waals surface area contributed by atoms with Crippen molar-refractivity contribution in [1.82, 2.24) is 5.32 Å². The number of nitrogens with one attached hydrogen (secondary N) is 2. The summed E-state index contributed by atoms with van der Waals surface area (Å²) in [6.07, 6.45) is 0. The van der Waals surface area contributed by atoms with Crippen LogP contribution in [0.1, 0.15) is 11.6 Å². The number of carbonyl (C=O) groups excluding carboxylic acids is 1. The van der Waals surface area contributed by atoms with E-state index in [1.54, 1.807) is 14.2 Å². The van der Waals surface area contributed by atoms with Gasteiger partial charge in [-0.3, -0.25) is 4.79 Å². The number of likely N-dealkylation sites (N-methyl/N-ethyl adjacent to an activating group) is 1. The number of hydrogen-bond donors (Lipinski definition) is 2. The molecule has 0 radical (unpaired) electrons. The van der Waals surface area contributed by atoms with Crippen LogP contribution in [0.25, 0.3) is 0 Å². The number of methoxy groups -OCH3 is 1. The van der Waals surface area contributed by atoms with Gasteiger partial charge in [-0.1, -0.05) is 6.07 Å². The second kappa shape index (κ2) is 3.31. The highest BCUT2D eigenvalue weighted by atomic mass is 16.5. The van der Waals surface area contributed by atoms with Crippen molar-refractivity contribution in [2.45, 2.75) is 6.04 Å². The molecule has 1 aliphatic rings. The first-order valence-corrected chi connectivity index (χ1v) is 4.42. The van der Waals surface area contributed by atoms with Gasteiger partial charge in [-0.05, 0) is 13.1 Å². The molecule has 1 unspecified atom stereocenters. The Balaban J connectivity index is 2.42. The smallest absolute Gasteiger partial charge is 0.246 e. The number of hydrogen-bond acceptors (Lipinski definition) is 3. The maximum absolute atomic E-state index is 11.4. The molecular formula is C10H12N2O2. The summed E-state index contributed by atoms with van der Waals surface area (Å²) < 4.78 is 5.07. The first-order valence-electron chi connectivity index (χ1n) is 4.42. The monoisotopic (exact) mass is 192 g/mol. The summed E-state index contributed by atoms with van der Waals surface area (Å²) in [5.74, 6) is 0.733. The summed E-state index contributed by atoms with van der Waals surface area (Å²) in [6, 6.07) is 5.33. The zero-order valence-electron chi connectivity index (χ0n) is 8.13. The average molecular weight is 192 g/mol. The van der Waals surface area contributed by atoms with Gasteiger partial charge in [0.05, 0.1) is 7.11 Å². The van der Waals surface area contributed by atoms with Crippen LogP contribution in [-0.2, 0) is 4.79 Å². The third-order valence-corrected chi connectivity index (χ3v) is 2.38. The first-order chi connectivity index (χ1) is 6.76. The van der Waals surface area contributed by atoms with Crippen molar-refractivity contribution in [1.29, 1.82) is 0 Å². The van der Waals surface area contributed by atoms with E-state index in [0.29, 0.717) is 0 Å². The van der Waals surface area contributed by atoms with E-state index in [0.717, 1.165) is 17.0 Å². The Morgan fingerprint density at radius 1 is 1.50 bits per heavy atom. The minimum atomic E-state index is -0.240. The standard InChI is InChI=1S/C10H12N2O2/c1-11-9-7-4-3-6(14-2)5-8(7)12-10(9)13/h3-5,9,11H,1-2H3,(H,12,13). The highest BCUT2D eigenvalue weighted by Crippen LogP contribution is 2.33. The Bertz CT molecular complexity index is 376. The molecular weight excluding hydrogens is 180 g/mol. The summed E-state index contributed by atoms with van der Waals surface area (Å²) in [4.78, 5) is 11.4. The lowest BCUT2D eigenvalue weighted by Crippen LogP contribution is -2.23. The molecule has 74 valence electrons. The van der Waals surface area contributed by atoms with Crippen molar-refractivity contribution in [2.75, 3.05) is 19.5 Å². The van der Waals surface area contributed by atoms with E-state index < -0.39 is 0 Å². The summed E-state index contributed by atoms with van der Waals surface area (Å²) in [7, 11) is 3.37. The largest absolute Gasteiger partial charge is 0.497 e. The van der Waals surface area contributed by atoms with Crippen LogP contribution in [0.5, 0.6) is 5.75 Å². The number of rotatable bonds is 2. The Labute approximate surface area is 82.3 Å². The van der Waals surface area contributed by atoms with Crippen LogP contribution in [0.3, 0.4) is 0 Å². The van der Waals surface area contributed by atoms with Gasteiger partial charge in [0.1, 0.15) is 11.8 Å². The highest BCUT2D eigenvalue weighted by Gasteiger charge is 2.28. The quantitative estimate of drug-likeness (QED) is 0.732. The lowest BCUT2D eigenvalue weighted by atomic mass is 10.1. The van der Waals surface area contributed by atoms with Gasteiger partial charge in [-0.15, -0.1) is 0 Å². The van der Waals surface area contributed by atoms with Crippen LogP contribution in [0, 0.1) is 0 Å². The Kier molecular flexibility index (Phi) is 2.13. The van der Waals surface area contributed by atoms with Crippen molar-refractivity contribution in [2.24, 2.45) is 0 Å². The van der Waals surface area contributed by atoms with Crippen molar-refractivity contribution in [3.8, 4) is 5.75 Å². The molecule has 2 rings (SSSR count). The predicted molar refractivity (Wildman–Crippen MR) is 53.4 cm³/mol. The molecule has 0 spiro atoms. The van der Waals surface area contributed by atoms with Crippen LogP contribution < -0.4 is 15.4 Å². The van der Waals surface area contributed by atoms with E-state index in [2.05, 4.69) is 10.6 Å². The zero-order chi connectivity index (χ0) is 10.1. The fourth-order valence-electron chi connectivity index (χ4n) is 1.66. The number of carbonyl (C=O) groups is 1. The van der Waals surface area contributed by atoms with Crippen LogP contribution in [0.15, 0.2) is 18.2 Å². The van der Waals surface area contributed by atoms with Gasteiger partial charge in [0.15, 0.2) is 0 Å². The SMILES string of the molecule is CNC1C(=O)Nc2cc(OC)ccc21. The van der Waals surface area contributed by atoms with E-state index in [4.69, 9.17) is 4.74 Å². The van der Waals surface area contributed by atoms with Crippen LogP contribution in [0.2, 0.25) is 0 Å². The molecule has 14 heavy (non-hydrogen) atoms. The summed E-state index contributed by atoms with van der Waals surface area (Å²) in [5.41, 5.74) is 1.80. The fourth-order valence-corrected chi connectivity index (χ4v) is 1.66. The minimum absolute atomic E-state index is 0.0178. The second-order valence-electron chi connectivity index (χ2n) is 3.16. The van der Waals surface area contributed by atoms with Gasteiger partial charge in [0.2, 0.25) is 5.91 Å². The van der Waals surface area contributed by atoms with Crippen LogP contribution in [-0.4, -0.2) is 20.1 Å².